The first-order valence-corrected chi connectivity index (χ1v) is 6.94. The number of rotatable bonds is 5. The van der Waals surface area contributed by atoms with E-state index in [2.05, 4.69) is 0 Å². The second-order valence-electron chi connectivity index (χ2n) is 4.99. The number of hydrogen-bond donors (Lipinski definition) is 0. The molecule has 0 unspecified atom stereocenters. The summed E-state index contributed by atoms with van der Waals surface area (Å²) in [4.78, 5) is 12.8. The molecule has 4 nitrogen and oxygen atoms in total. The van der Waals surface area contributed by atoms with Gasteiger partial charge in [-0.2, -0.15) is 0 Å². The van der Waals surface area contributed by atoms with Crippen LogP contribution in [0.25, 0.3) is 0 Å². The minimum atomic E-state index is -0.0690. The highest BCUT2D eigenvalue weighted by atomic mass is 16.5. The molecule has 2 aromatic rings. The molecule has 0 fully saturated rings. The van der Waals surface area contributed by atoms with Crippen molar-refractivity contribution in [2.24, 2.45) is 0 Å². The zero-order valence-corrected chi connectivity index (χ0v) is 13.5. The Morgan fingerprint density at radius 1 is 0.909 bits per heavy atom. The maximum atomic E-state index is 12.8. The van der Waals surface area contributed by atoms with Crippen molar-refractivity contribution in [3.8, 4) is 17.2 Å². The van der Waals surface area contributed by atoms with E-state index >= 15 is 0 Å². The molecule has 0 amide bonds. The maximum absolute atomic E-state index is 12.8. The lowest BCUT2D eigenvalue weighted by Crippen LogP contribution is -2.06. The van der Waals surface area contributed by atoms with Gasteiger partial charge in [-0.25, -0.2) is 0 Å². The Morgan fingerprint density at radius 3 is 2.00 bits per heavy atom. The molecule has 0 aliphatic rings. The van der Waals surface area contributed by atoms with Crippen LogP contribution in [0.2, 0.25) is 0 Å². The summed E-state index contributed by atoms with van der Waals surface area (Å²) in [5, 5.41) is 0. The lowest BCUT2D eigenvalue weighted by molar-refractivity contribution is 0.103. The summed E-state index contributed by atoms with van der Waals surface area (Å²) in [5.41, 5.74) is 3.23. The molecule has 0 radical (unpaired) electrons. The molecule has 0 aromatic heterocycles. The molecule has 0 heterocycles. The lowest BCUT2D eigenvalue weighted by Gasteiger charge is -2.14. The van der Waals surface area contributed by atoms with Gasteiger partial charge in [0.25, 0.3) is 0 Å². The Hall–Kier alpha value is -2.49. The quantitative estimate of drug-likeness (QED) is 0.792. The SMILES string of the molecule is COc1cc(C(=O)c2cccc(C)c2C)cc(OC)c1OC. The van der Waals surface area contributed by atoms with E-state index in [1.807, 2.05) is 32.0 Å². The topological polar surface area (TPSA) is 44.8 Å². The average molecular weight is 300 g/mol. The van der Waals surface area contributed by atoms with E-state index < -0.39 is 0 Å². The van der Waals surface area contributed by atoms with Crippen LogP contribution >= 0.6 is 0 Å². The third-order valence-corrected chi connectivity index (χ3v) is 3.78. The maximum Gasteiger partial charge on any atom is 0.203 e. The molecule has 0 spiro atoms. The van der Waals surface area contributed by atoms with Crippen molar-refractivity contribution in [3.63, 3.8) is 0 Å². The summed E-state index contributed by atoms with van der Waals surface area (Å²) in [5.74, 6) is 1.34. The van der Waals surface area contributed by atoms with Crippen LogP contribution in [0.4, 0.5) is 0 Å². The van der Waals surface area contributed by atoms with Gasteiger partial charge in [0.2, 0.25) is 5.75 Å². The summed E-state index contributed by atoms with van der Waals surface area (Å²) in [6, 6.07) is 9.04. The molecule has 0 bridgehead atoms. The highest BCUT2D eigenvalue weighted by molar-refractivity contribution is 6.10. The number of carbonyl (C=O) groups excluding carboxylic acids is 1. The van der Waals surface area contributed by atoms with Crippen molar-refractivity contribution < 1.29 is 19.0 Å². The number of hydrogen-bond acceptors (Lipinski definition) is 4. The highest BCUT2D eigenvalue weighted by Crippen LogP contribution is 2.38. The first kappa shape index (κ1) is 15.9. The van der Waals surface area contributed by atoms with Crippen molar-refractivity contribution in [3.05, 3.63) is 52.6 Å². The molecule has 0 saturated heterocycles. The Morgan fingerprint density at radius 2 is 1.50 bits per heavy atom. The normalized spacial score (nSPS) is 10.2. The summed E-state index contributed by atoms with van der Waals surface area (Å²) in [6.45, 7) is 3.93. The summed E-state index contributed by atoms with van der Waals surface area (Å²) in [6.07, 6.45) is 0. The Bertz CT molecular complexity index is 679. The van der Waals surface area contributed by atoms with Gasteiger partial charge in [0.1, 0.15) is 0 Å². The lowest BCUT2D eigenvalue weighted by atomic mass is 9.96. The van der Waals surface area contributed by atoms with E-state index in [9.17, 15) is 4.79 Å². The fourth-order valence-electron chi connectivity index (χ4n) is 2.36. The Kier molecular flexibility index (Phi) is 4.71. The van der Waals surface area contributed by atoms with E-state index in [4.69, 9.17) is 14.2 Å². The van der Waals surface area contributed by atoms with Crippen LogP contribution in [0.1, 0.15) is 27.0 Å². The highest BCUT2D eigenvalue weighted by Gasteiger charge is 2.19. The monoisotopic (exact) mass is 300 g/mol. The number of benzene rings is 2. The van der Waals surface area contributed by atoms with Gasteiger partial charge in [0.05, 0.1) is 21.3 Å². The average Bonchev–Trinajstić information content (AvgIpc) is 2.55. The van der Waals surface area contributed by atoms with Crippen LogP contribution in [0.15, 0.2) is 30.3 Å². The van der Waals surface area contributed by atoms with Crippen LogP contribution in [-0.4, -0.2) is 27.1 Å². The third kappa shape index (κ3) is 2.77. The van der Waals surface area contributed by atoms with Crippen LogP contribution in [0.5, 0.6) is 17.2 Å². The zero-order valence-electron chi connectivity index (χ0n) is 13.5. The minimum Gasteiger partial charge on any atom is -0.493 e. The number of aryl methyl sites for hydroxylation is 1. The number of methoxy groups -OCH3 is 3. The van der Waals surface area contributed by atoms with E-state index in [0.29, 0.717) is 28.4 Å². The molecule has 0 aliphatic carbocycles. The van der Waals surface area contributed by atoms with Crippen molar-refractivity contribution in [1.82, 2.24) is 0 Å². The smallest absolute Gasteiger partial charge is 0.203 e. The fraction of sp³-hybridized carbons (Fsp3) is 0.278. The van der Waals surface area contributed by atoms with E-state index in [-0.39, 0.29) is 5.78 Å². The second-order valence-corrected chi connectivity index (χ2v) is 4.99. The van der Waals surface area contributed by atoms with Crippen molar-refractivity contribution >= 4 is 5.78 Å². The molecular formula is C18H20O4. The Balaban J connectivity index is 2.57. The molecule has 0 N–H and O–H groups in total. The zero-order chi connectivity index (χ0) is 16.3. The van der Waals surface area contributed by atoms with Crippen molar-refractivity contribution in [1.29, 1.82) is 0 Å². The van der Waals surface area contributed by atoms with Gasteiger partial charge >= 0.3 is 0 Å². The van der Waals surface area contributed by atoms with Gasteiger partial charge < -0.3 is 14.2 Å². The predicted octanol–water partition coefficient (Wildman–Crippen LogP) is 3.56. The molecule has 22 heavy (non-hydrogen) atoms. The van der Waals surface area contributed by atoms with Crippen LogP contribution in [0, 0.1) is 13.8 Å². The molecule has 0 saturated carbocycles. The summed E-state index contributed by atoms with van der Waals surface area (Å²) >= 11 is 0. The van der Waals surface area contributed by atoms with Crippen molar-refractivity contribution in [2.45, 2.75) is 13.8 Å². The molecule has 0 atom stereocenters. The number of carbonyl (C=O) groups is 1. The number of ketones is 1. The van der Waals surface area contributed by atoms with Crippen LogP contribution < -0.4 is 14.2 Å². The molecule has 0 aliphatic heterocycles. The fourth-order valence-corrected chi connectivity index (χ4v) is 2.36. The largest absolute Gasteiger partial charge is 0.493 e. The van der Waals surface area contributed by atoms with E-state index in [1.54, 1.807) is 12.1 Å². The van der Waals surface area contributed by atoms with E-state index in [0.717, 1.165) is 11.1 Å². The Labute approximate surface area is 130 Å². The molecule has 2 rings (SSSR count). The van der Waals surface area contributed by atoms with E-state index in [1.165, 1.54) is 21.3 Å². The van der Waals surface area contributed by atoms with Gasteiger partial charge in [0, 0.05) is 11.1 Å². The van der Waals surface area contributed by atoms with Gasteiger partial charge in [-0.05, 0) is 37.1 Å². The molecule has 2 aromatic carbocycles. The predicted molar refractivity (Wildman–Crippen MR) is 85.4 cm³/mol. The standard InChI is InChI=1S/C18H20O4/c1-11-7-6-8-14(12(11)2)17(19)13-9-15(20-3)18(22-5)16(10-13)21-4/h6-10H,1-5H3. The molecule has 4 heteroatoms. The van der Waals surface area contributed by atoms with Gasteiger partial charge in [-0.15, -0.1) is 0 Å². The minimum absolute atomic E-state index is 0.0690. The van der Waals surface area contributed by atoms with Gasteiger partial charge in [-0.1, -0.05) is 18.2 Å². The van der Waals surface area contributed by atoms with Gasteiger partial charge in [0.15, 0.2) is 17.3 Å². The second kappa shape index (κ2) is 6.52. The van der Waals surface area contributed by atoms with Crippen molar-refractivity contribution in [2.75, 3.05) is 21.3 Å². The number of ether oxygens (including phenoxy) is 3. The van der Waals surface area contributed by atoms with Gasteiger partial charge in [-0.3, -0.25) is 4.79 Å². The first-order valence-electron chi connectivity index (χ1n) is 6.94. The third-order valence-electron chi connectivity index (χ3n) is 3.78. The first-order chi connectivity index (χ1) is 10.5. The summed E-state index contributed by atoms with van der Waals surface area (Å²) < 4.78 is 15.9. The van der Waals surface area contributed by atoms with Crippen LogP contribution in [0.3, 0.4) is 0 Å². The van der Waals surface area contributed by atoms with Crippen LogP contribution in [-0.2, 0) is 0 Å². The summed E-state index contributed by atoms with van der Waals surface area (Å²) in [7, 11) is 4.60. The molecule has 116 valence electrons. The molecular weight excluding hydrogens is 280 g/mol.